The fourth-order valence-electron chi connectivity index (χ4n) is 2.36. The van der Waals surface area contributed by atoms with E-state index in [0.717, 1.165) is 5.56 Å². The van der Waals surface area contributed by atoms with Crippen molar-refractivity contribution in [2.75, 3.05) is 18.1 Å². The van der Waals surface area contributed by atoms with E-state index in [1.807, 2.05) is 30.3 Å². The van der Waals surface area contributed by atoms with Gasteiger partial charge in [0, 0.05) is 12.6 Å². The minimum atomic E-state index is -3.14. The molecule has 6 nitrogen and oxygen atoms in total. The molecule has 116 valence electrons. The molecule has 2 N–H and O–H groups in total. The molecule has 1 saturated heterocycles. The number of carbonyl (C=O) groups is 1. The van der Waals surface area contributed by atoms with Gasteiger partial charge in [-0.15, -0.1) is 0 Å². The standard InChI is InChI=1S/C14H20N2O4S/c1-2-20-14(17)16-13-10-21(18,19)9-12(13)15-8-11-6-4-3-5-7-11/h3-7,12-13,15H,2,8-10H2,1H3,(H,16,17)/t12-,13-/m1/s1. The van der Waals surface area contributed by atoms with Crippen LogP contribution < -0.4 is 10.6 Å². The fourth-order valence-corrected chi connectivity index (χ4v) is 4.26. The van der Waals surface area contributed by atoms with Crippen molar-refractivity contribution in [1.82, 2.24) is 10.6 Å². The van der Waals surface area contributed by atoms with Crippen LogP contribution in [0.3, 0.4) is 0 Å². The lowest BCUT2D eigenvalue weighted by Gasteiger charge is -2.20. The molecule has 1 amide bonds. The van der Waals surface area contributed by atoms with Crippen molar-refractivity contribution in [1.29, 1.82) is 0 Å². The summed E-state index contributed by atoms with van der Waals surface area (Å²) in [6.45, 7) is 2.52. The predicted molar refractivity (Wildman–Crippen MR) is 79.7 cm³/mol. The molecule has 0 bridgehead atoms. The van der Waals surface area contributed by atoms with E-state index < -0.39 is 22.0 Å². The number of sulfone groups is 1. The number of benzene rings is 1. The van der Waals surface area contributed by atoms with Crippen LogP contribution in [0.15, 0.2) is 30.3 Å². The van der Waals surface area contributed by atoms with Gasteiger partial charge in [0.1, 0.15) is 0 Å². The summed E-state index contributed by atoms with van der Waals surface area (Å²) in [7, 11) is -3.14. The van der Waals surface area contributed by atoms with Gasteiger partial charge in [-0.2, -0.15) is 0 Å². The Hall–Kier alpha value is -1.60. The summed E-state index contributed by atoms with van der Waals surface area (Å²) < 4.78 is 28.4. The summed E-state index contributed by atoms with van der Waals surface area (Å²) in [4.78, 5) is 11.5. The summed E-state index contributed by atoms with van der Waals surface area (Å²) in [5, 5.41) is 5.82. The van der Waals surface area contributed by atoms with Crippen LogP contribution >= 0.6 is 0 Å². The highest BCUT2D eigenvalue weighted by Crippen LogP contribution is 2.14. The van der Waals surface area contributed by atoms with Crippen molar-refractivity contribution >= 4 is 15.9 Å². The van der Waals surface area contributed by atoms with Crippen LogP contribution in [0.2, 0.25) is 0 Å². The first-order chi connectivity index (χ1) is 10.00. The van der Waals surface area contributed by atoms with Gasteiger partial charge in [-0.25, -0.2) is 13.2 Å². The molecule has 2 atom stereocenters. The number of ether oxygens (including phenoxy) is 1. The lowest BCUT2D eigenvalue weighted by Crippen LogP contribution is -2.49. The van der Waals surface area contributed by atoms with Crippen molar-refractivity contribution in [3.05, 3.63) is 35.9 Å². The topological polar surface area (TPSA) is 84.5 Å². The molecule has 0 saturated carbocycles. The SMILES string of the molecule is CCOC(=O)N[C@@H]1CS(=O)(=O)C[C@H]1NCc1ccccc1. The van der Waals surface area contributed by atoms with Crippen LogP contribution in [0, 0.1) is 0 Å². The summed E-state index contributed by atoms with van der Waals surface area (Å²) in [5.74, 6) is -0.0326. The molecule has 0 spiro atoms. The molecule has 0 aromatic heterocycles. The number of hydrogen-bond donors (Lipinski definition) is 2. The lowest BCUT2D eigenvalue weighted by molar-refractivity contribution is 0.147. The highest BCUT2D eigenvalue weighted by Gasteiger charge is 2.38. The van der Waals surface area contributed by atoms with E-state index in [1.54, 1.807) is 6.92 Å². The Morgan fingerprint density at radius 3 is 2.57 bits per heavy atom. The number of amides is 1. The summed E-state index contributed by atoms with van der Waals surface area (Å²) in [6.07, 6.45) is -0.578. The molecule has 1 fully saturated rings. The molecule has 1 aromatic carbocycles. The van der Waals surface area contributed by atoms with Gasteiger partial charge in [0.05, 0.1) is 24.2 Å². The van der Waals surface area contributed by atoms with Crippen LogP contribution in [-0.4, -0.2) is 44.7 Å². The molecule has 0 aliphatic carbocycles. The van der Waals surface area contributed by atoms with Crippen molar-refractivity contribution in [3.63, 3.8) is 0 Å². The first kappa shape index (κ1) is 15.8. The molecule has 1 aliphatic heterocycles. The van der Waals surface area contributed by atoms with E-state index in [4.69, 9.17) is 4.74 Å². The maximum atomic E-state index is 11.8. The third kappa shape index (κ3) is 4.71. The average molecular weight is 312 g/mol. The van der Waals surface area contributed by atoms with Crippen LogP contribution in [0.25, 0.3) is 0 Å². The normalized spacial score (nSPS) is 23.7. The summed E-state index contributed by atoms with van der Waals surface area (Å²) in [6, 6.07) is 8.94. The quantitative estimate of drug-likeness (QED) is 0.835. The maximum Gasteiger partial charge on any atom is 0.407 e. The van der Waals surface area contributed by atoms with Crippen LogP contribution in [0.5, 0.6) is 0 Å². The zero-order valence-electron chi connectivity index (χ0n) is 11.9. The van der Waals surface area contributed by atoms with Gasteiger partial charge in [-0.05, 0) is 12.5 Å². The lowest BCUT2D eigenvalue weighted by atomic mass is 10.1. The number of alkyl carbamates (subject to hydrolysis) is 1. The molecule has 7 heteroatoms. The second-order valence-corrected chi connectivity index (χ2v) is 7.18. The first-order valence-corrected chi connectivity index (χ1v) is 8.73. The second kappa shape index (κ2) is 6.91. The zero-order valence-corrected chi connectivity index (χ0v) is 12.7. The van der Waals surface area contributed by atoms with Crippen molar-refractivity contribution in [3.8, 4) is 0 Å². The Balaban J connectivity index is 1.96. The number of rotatable bonds is 5. The maximum absolute atomic E-state index is 11.8. The van der Waals surface area contributed by atoms with Crippen molar-refractivity contribution < 1.29 is 17.9 Å². The Kier molecular flexibility index (Phi) is 5.19. The van der Waals surface area contributed by atoms with E-state index in [1.165, 1.54) is 0 Å². The van der Waals surface area contributed by atoms with E-state index in [0.29, 0.717) is 6.54 Å². The highest BCUT2D eigenvalue weighted by atomic mass is 32.2. The largest absolute Gasteiger partial charge is 0.450 e. The van der Waals surface area contributed by atoms with Gasteiger partial charge >= 0.3 is 6.09 Å². The van der Waals surface area contributed by atoms with E-state index in [9.17, 15) is 13.2 Å². The minimum absolute atomic E-state index is 0.0247. The van der Waals surface area contributed by atoms with E-state index >= 15 is 0 Å². The molecule has 0 unspecified atom stereocenters. The van der Waals surface area contributed by atoms with Gasteiger partial charge in [0.25, 0.3) is 0 Å². The molecule has 1 aliphatic rings. The Labute approximate surface area is 124 Å². The number of nitrogens with one attached hydrogen (secondary N) is 2. The fraction of sp³-hybridized carbons (Fsp3) is 0.500. The highest BCUT2D eigenvalue weighted by molar-refractivity contribution is 7.91. The van der Waals surface area contributed by atoms with Gasteiger partial charge in [-0.3, -0.25) is 0 Å². The van der Waals surface area contributed by atoms with Crippen LogP contribution in [0.4, 0.5) is 4.79 Å². The smallest absolute Gasteiger partial charge is 0.407 e. The van der Waals surface area contributed by atoms with E-state index in [-0.39, 0.29) is 24.2 Å². The zero-order chi connectivity index (χ0) is 15.3. The molecular weight excluding hydrogens is 292 g/mol. The summed E-state index contributed by atoms with van der Waals surface area (Å²) >= 11 is 0. The molecule has 21 heavy (non-hydrogen) atoms. The molecule has 2 rings (SSSR count). The molecular formula is C14H20N2O4S. The second-order valence-electron chi connectivity index (χ2n) is 5.02. The van der Waals surface area contributed by atoms with Crippen molar-refractivity contribution in [2.45, 2.75) is 25.6 Å². The minimum Gasteiger partial charge on any atom is -0.450 e. The number of carbonyl (C=O) groups excluding carboxylic acids is 1. The predicted octanol–water partition coefficient (Wildman–Crippen LogP) is 0.688. The average Bonchev–Trinajstić information content (AvgIpc) is 2.72. The van der Waals surface area contributed by atoms with Crippen molar-refractivity contribution in [2.24, 2.45) is 0 Å². The molecule has 1 heterocycles. The van der Waals surface area contributed by atoms with Gasteiger partial charge < -0.3 is 15.4 Å². The first-order valence-electron chi connectivity index (χ1n) is 6.91. The monoisotopic (exact) mass is 312 g/mol. The Bertz CT molecular complexity index is 574. The Morgan fingerprint density at radius 2 is 1.90 bits per heavy atom. The molecule has 0 radical (unpaired) electrons. The van der Waals surface area contributed by atoms with Gasteiger partial charge in [-0.1, -0.05) is 30.3 Å². The van der Waals surface area contributed by atoms with Crippen LogP contribution in [0.1, 0.15) is 12.5 Å². The Morgan fingerprint density at radius 1 is 1.24 bits per heavy atom. The van der Waals surface area contributed by atoms with Crippen LogP contribution in [-0.2, 0) is 21.1 Å². The third-order valence-electron chi connectivity index (χ3n) is 3.34. The van der Waals surface area contributed by atoms with Gasteiger partial charge in [0.15, 0.2) is 9.84 Å². The third-order valence-corrected chi connectivity index (χ3v) is 5.08. The number of hydrogen-bond acceptors (Lipinski definition) is 5. The molecule has 1 aromatic rings. The van der Waals surface area contributed by atoms with E-state index in [2.05, 4.69) is 10.6 Å². The van der Waals surface area contributed by atoms with Gasteiger partial charge in [0.2, 0.25) is 0 Å². The summed E-state index contributed by atoms with van der Waals surface area (Å²) in [5.41, 5.74) is 1.07.